The molecule has 0 amide bonds. The van der Waals surface area contributed by atoms with E-state index >= 15 is 0 Å². The van der Waals surface area contributed by atoms with Gasteiger partial charge in [0.1, 0.15) is 0 Å². The van der Waals surface area contributed by atoms with Gasteiger partial charge < -0.3 is 10.6 Å². The van der Waals surface area contributed by atoms with Crippen molar-refractivity contribution in [3.05, 3.63) is 33.8 Å². The summed E-state index contributed by atoms with van der Waals surface area (Å²) in [7, 11) is 2.20. The molecule has 3 nitrogen and oxygen atoms in total. The third kappa shape index (κ3) is 2.93. The number of piperazine rings is 1. The lowest BCUT2D eigenvalue weighted by molar-refractivity contribution is 0.0505. The molecule has 1 aliphatic heterocycles. The third-order valence-corrected chi connectivity index (χ3v) is 5.34. The van der Waals surface area contributed by atoms with Crippen molar-refractivity contribution in [2.45, 2.75) is 31.3 Å². The fraction of sp³-hybridized carbons (Fsp3) is 0.625. The number of rotatable bonds is 2. The van der Waals surface area contributed by atoms with Crippen molar-refractivity contribution in [3.8, 4) is 0 Å². The van der Waals surface area contributed by atoms with E-state index in [9.17, 15) is 0 Å². The quantitative estimate of drug-likeness (QED) is 0.894. The summed E-state index contributed by atoms with van der Waals surface area (Å²) in [5.41, 5.74) is 9.05. The smallest absolute Gasteiger partial charge is 0.0349 e. The highest BCUT2D eigenvalue weighted by atomic mass is 79.9. The fourth-order valence-electron chi connectivity index (χ4n) is 3.70. The maximum atomic E-state index is 6.00. The zero-order valence-electron chi connectivity index (χ0n) is 12.2. The van der Waals surface area contributed by atoms with Gasteiger partial charge in [-0.3, -0.25) is 4.90 Å². The van der Waals surface area contributed by atoms with E-state index < -0.39 is 0 Å². The summed E-state index contributed by atoms with van der Waals surface area (Å²) in [4.78, 5) is 5.08. The van der Waals surface area contributed by atoms with Gasteiger partial charge in [0.2, 0.25) is 0 Å². The summed E-state index contributed by atoms with van der Waals surface area (Å²) in [6.07, 6.45) is 3.65. The van der Waals surface area contributed by atoms with E-state index in [4.69, 9.17) is 5.73 Å². The Morgan fingerprint density at radius 1 is 1.30 bits per heavy atom. The molecule has 0 saturated carbocycles. The summed E-state index contributed by atoms with van der Waals surface area (Å²) in [5, 5.41) is 0. The lowest BCUT2D eigenvalue weighted by atomic mass is 9.86. The van der Waals surface area contributed by atoms with Crippen LogP contribution in [0.2, 0.25) is 0 Å². The third-order valence-electron chi connectivity index (χ3n) is 4.84. The molecule has 110 valence electrons. The molecular formula is C16H24BrN3. The standard InChI is InChI=1S/C16H24BrN3/c1-19-6-7-20(16(10-18)11-19)15-5-3-12-8-14(17)4-2-13(12)9-15/h2,4,8,15-16H,3,5-7,9-11,18H2,1H3. The van der Waals surface area contributed by atoms with Crippen LogP contribution in [0, 0.1) is 0 Å². The monoisotopic (exact) mass is 337 g/mol. The molecule has 2 atom stereocenters. The number of hydrogen-bond acceptors (Lipinski definition) is 3. The van der Waals surface area contributed by atoms with Crippen LogP contribution in [-0.2, 0) is 12.8 Å². The van der Waals surface area contributed by atoms with E-state index in [-0.39, 0.29) is 0 Å². The number of nitrogens with zero attached hydrogens (tertiary/aromatic N) is 2. The normalized spacial score (nSPS) is 28.4. The minimum absolute atomic E-state index is 0.524. The summed E-state index contributed by atoms with van der Waals surface area (Å²) < 4.78 is 1.20. The lowest BCUT2D eigenvalue weighted by Crippen LogP contribution is -2.59. The van der Waals surface area contributed by atoms with Crippen LogP contribution >= 0.6 is 15.9 Å². The predicted molar refractivity (Wildman–Crippen MR) is 87.0 cm³/mol. The molecule has 20 heavy (non-hydrogen) atoms. The molecule has 0 bridgehead atoms. The molecule has 1 aliphatic carbocycles. The Labute approximate surface area is 130 Å². The molecule has 1 heterocycles. The zero-order chi connectivity index (χ0) is 14.1. The molecule has 0 radical (unpaired) electrons. The van der Waals surface area contributed by atoms with Crippen molar-refractivity contribution in [1.29, 1.82) is 0 Å². The number of hydrogen-bond donors (Lipinski definition) is 1. The Morgan fingerprint density at radius 2 is 2.15 bits per heavy atom. The Hall–Kier alpha value is -0.420. The molecule has 1 aromatic carbocycles. The topological polar surface area (TPSA) is 32.5 Å². The molecule has 4 heteroatoms. The van der Waals surface area contributed by atoms with Gasteiger partial charge in [-0.1, -0.05) is 22.0 Å². The number of benzene rings is 1. The van der Waals surface area contributed by atoms with E-state index in [0.29, 0.717) is 12.1 Å². The van der Waals surface area contributed by atoms with Crippen LogP contribution in [0.4, 0.5) is 0 Å². The second kappa shape index (κ2) is 6.14. The van der Waals surface area contributed by atoms with E-state index in [2.05, 4.69) is 51.0 Å². The van der Waals surface area contributed by atoms with Crippen LogP contribution in [0.15, 0.2) is 22.7 Å². The number of nitrogens with two attached hydrogens (primary N) is 1. The Morgan fingerprint density at radius 3 is 2.95 bits per heavy atom. The van der Waals surface area contributed by atoms with E-state index in [1.165, 1.54) is 41.4 Å². The van der Waals surface area contributed by atoms with Crippen LogP contribution in [-0.4, -0.2) is 55.1 Å². The highest BCUT2D eigenvalue weighted by molar-refractivity contribution is 9.10. The zero-order valence-corrected chi connectivity index (χ0v) is 13.8. The molecular weight excluding hydrogens is 314 g/mol. The van der Waals surface area contributed by atoms with Crippen LogP contribution in [0.25, 0.3) is 0 Å². The number of halogens is 1. The number of fused-ring (bicyclic) bond motifs is 1. The molecule has 3 rings (SSSR count). The van der Waals surface area contributed by atoms with Crippen LogP contribution in [0.3, 0.4) is 0 Å². The first-order valence-corrected chi connectivity index (χ1v) is 8.38. The Bertz CT molecular complexity index is 477. The molecule has 0 spiro atoms. The fourth-order valence-corrected chi connectivity index (χ4v) is 4.11. The van der Waals surface area contributed by atoms with Gasteiger partial charge in [-0.25, -0.2) is 0 Å². The largest absolute Gasteiger partial charge is 0.329 e. The molecule has 2 N–H and O–H groups in total. The van der Waals surface area contributed by atoms with Crippen molar-refractivity contribution in [1.82, 2.24) is 9.80 Å². The second-order valence-corrected chi connectivity index (χ2v) is 7.11. The van der Waals surface area contributed by atoms with Gasteiger partial charge in [-0.2, -0.15) is 0 Å². The van der Waals surface area contributed by atoms with Gasteiger partial charge in [0, 0.05) is 42.7 Å². The van der Waals surface area contributed by atoms with E-state index in [1.807, 2.05) is 0 Å². The molecule has 1 fully saturated rings. The van der Waals surface area contributed by atoms with Gasteiger partial charge in [0.05, 0.1) is 0 Å². The summed E-state index contributed by atoms with van der Waals surface area (Å²) in [6.45, 7) is 4.21. The summed E-state index contributed by atoms with van der Waals surface area (Å²) >= 11 is 3.58. The SMILES string of the molecule is CN1CCN(C2CCc3cc(Br)ccc3C2)C(CN)C1. The first kappa shape index (κ1) is 14.5. The number of likely N-dealkylation sites (N-methyl/N-ethyl adjacent to an activating group) is 1. The average Bonchev–Trinajstić information content (AvgIpc) is 2.46. The predicted octanol–water partition coefficient (Wildman–Crippen LogP) is 1.88. The van der Waals surface area contributed by atoms with Crippen molar-refractivity contribution in [2.75, 3.05) is 33.2 Å². The van der Waals surface area contributed by atoms with Gasteiger partial charge in [0.15, 0.2) is 0 Å². The Balaban J connectivity index is 1.74. The van der Waals surface area contributed by atoms with Crippen molar-refractivity contribution >= 4 is 15.9 Å². The maximum Gasteiger partial charge on any atom is 0.0349 e. The van der Waals surface area contributed by atoms with E-state index in [1.54, 1.807) is 0 Å². The van der Waals surface area contributed by atoms with Crippen molar-refractivity contribution < 1.29 is 0 Å². The van der Waals surface area contributed by atoms with Crippen molar-refractivity contribution in [2.24, 2.45) is 5.73 Å². The molecule has 1 saturated heterocycles. The second-order valence-electron chi connectivity index (χ2n) is 6.20. The van der Waals surface area contributed by atoms with Crippen LogP contribution in [0.5, 0.6) is 0 Å². The van der Waals surface area contributed by atoms with Crippen LogP contribution in [0.1, 0.15) is 17.5 Å². The van der Waals surface area contributed by atoms with Gasteiger partial charge >= 0.3 is 0 Å². The minimum atomic E-state index is 0.524. The lowest BCUT2D eigenvalue weighted by Gasteiger charge is -2.45. The summed E-state index contributed by atoms with van der Waals surface area (Å²) in [6, 6.07) is 7.95. The highest BCUT2D eigenvalue weighted by Crippen LogP contribution is 2.28. The highest BCUT2D eigenvalue weighted by Gasteiger charge is 2.32. The Kier molecular flexibility index (Phi) is 4.46. The molecule has 0 aromatic heterocycles. The summed E-state index contributed by atoms with van der Waals surface area (Å²) in [5.74, 6) is 0. The minimum Gasteiger partial charge on any atom is -0.329 e. The molecule has 1 aromatic rings. The van der Waals surface area contributed by atoms with Gasteiger partial charge in [0.25, 0.3) is 0 Å². The van der Waals surface area contributed by atoms with Crippen LogP contribution < -0.4 is 5.73 Å². The van der Waals surface area contributed by atoms with Gasteiger partial charge in [-0.05, 0) is 49.6 Å². The maximum absolute atomic E-state index is 6.00. The van der Waals surface area contributed by atoms with Gasteiger partial charge in [-0.15, -0.1) is 0 Å². The van der Waals surface area contributed by atoms with E-state index in [0.717, 1.165) is 19.6 Å². The average molecular weight is 338 g/mol. The molecule has 2 aliphatic rings. The first-order valence-electron chi connectivity index (χ1n) is 7.59. The molecule has 2 unspecified atom stereocenters. The van der Waals surface area contributed by atoms with Crippen molar-refractivity contribution in [3.63, 3.8) is 0 Å². The number of aryl methyl sites for hydroxylation is 1. The first-order chi connectivity index (χ1) is 9.67.